The molecule has 0 fully saturated rings. The monoisotopic (exact) mass is 872 g/mol. The number of aryl methyl sites for hydroxylation is 2. The van der Waals surface area contributed by atoms with Crippen LogP contribution in [-0.2, 0) is 12.8 Å². The summed E-state index contributed by atoms with van der Waals surface area (Å²) in [5, 5.41) is 5.34. The van der Waals surface area contributed by atoms with Crippen LogP contribution in [0.25, 0.3) is 32.7 Å². The van der Waals surface area contributed by atoms with Gasteiger partial charge >= 0.3 is 254 Å². The van der Waals surface area contributed by atoms with E-state index in [0.717, 1.165) is 24.0 Å². The van der Waals surface area contributed by atoms with E-state index < -0.39 is 36.8 Å². The third-order valence-electron chi connectivity index (χ3n) is 10.7. The Labute approximate surface area is 303 Å². The maximum absolute atomic E-state index is 6.93. The van der Waals surface area contributed by atoms with Crippen LogP contribution < -0.4 is 7.55 Å². The van der Waals surface area contributed by atoms with Gasteiger partial charge in [-0.2, -0.15) is 0 Å². The summed E-state index contributed by atoms with van der Waals surface area (Å²) in [6.07, 6.45) is 29.8. The fourth-order valence-corrected chi connectivity index (χ4v) is 13.1. The fourth-order valence-electron chi connectivity index (χ4n) is 7.45. The van der Waals surface area contributed by atoms with Gasteiger partial charge in [-0.1, -0.05) is 52.4 Å². The van der Waals surface area contributed by atoms with Crippen LogP contribution in [0.3, 0.4) is 0 Å². The Morgan fingerprint density at radius 1 is 0.375 bits per heavy atom. The molecule has 0 saturated carbocycles. The summed E-state index contributed by atoms with van der Waals surface area (Å²) in [5.41, 5.74) is 5.23. The molecule has 4 rings (SSSR count). The average Bonchev–Trinajstić information content (AvgIpc) is 3.70. The van der Waals surface area contributed by atoms with Crippen LogP contribution in [0.15, 0.2) is 33.1 Å². The molecular formula is C44H72O2Sn2. The molecule has 0 spiro atoms. The van der Waals surface area contributed by atoms with Gasteiger partial charge in [0.05, 0.1) is 0 Å². The molecule has 268 valence electrons. The average molecular weight is 870 g/mol. The van der Waals surface area contributed by atoms with Crippen molar-refractivity contribution in [2.24, 2.45) is 0 Å². The number of hydrogen-bond donors (Lipinski definition) is 0. The SMILES string of the molecule is CCCCCCCCCCCCc1cc2c(cc(CCCCCCCCCCCC)c3c[c]([Sn]([CH3])([CH3])[CH3])oc32)c2o[c]([Sn]([CH3])([CH3])[CH3])cc12. The normalized spacial score (nSPS) is 12.8. The first kappa shape index (κ1) is 40.2. The molecule has 0 radical (unpaired) electrons. The van der Waals surface area contributed by atoms with Crippen LogP contribution in [0, 0.1) is 0 Å². The van der Waals surface area contributed by atoms with Crippen LogP contribution in [0.4, 0.5) is 0 Å². The van der Waals surface area contributed by atoms with Gasteiger partial charge in [-0.05, 0) is 0 Å². The zero-order valence-electron chi connectivity index (χ0n) is 32.7. The van der Waals surface area contributed by atoms with Crippen molar-refractivity contribution in [3.8, 4) is 0 Å². The van der Waals surface area contributed by atoms with Crippen molar-refractivity contribution in [3.05, 3.63) is 35.4 Å². The van der Waals surface area contributed by atoms with Crippen molar-refractivity contribution in [1.29, 1.82) is 0 Å². The molecule has 2 nitrogen and oxygen atoms in total. The third-order valence-corrected chi connectivity index (χ3v) is 20.5. The van der Waals surface area contributed by atoms with E-state index in [0.29, 0.717) is 0 Å². The Hall–Kier alpha value is -0.623. The van der Waals surface area contributed by atoms with Gasteiger partial charge in [-0.25, -0.2) is 0 Å². The van der Waals surface area contributed by atoms with Crippen LogP contribution in [0.2, 0.25) is 29.6 Å². The standard InChI is InChI=1S/C38H54O2.6CH3.2Sn/c1-3-5-7-9-11-13-15-17-19-21-23-31-29-35-36(37-33(31)25-27-39-37)30-32(34-26-28-40-38(34)35)24-22-20-18-16-14-12-10-8-6-4-2;;;;;;;;/h25-26,29-30H,3-24H2,1-2H3;6*1H3;;. The summed E-state index contributed by atoms with van der Waals surface area (Å²) in [5.74, 6) is 0. The van der Waals surface area contributed by atoms with E-state index in [1.54, 1.807) is 0 Å². The van der Waals surface area contributed by atoms with Gasteiger partial charge < -0.3 is 0 Å². The number of rotatable bonds is 24. The van der Waals surface area contributed by atoms with E-state index in [2.05, 4.69) is 67.8 Å². The summed E-state index contributed by atoms with van der Waals surface area (Å²) in [6.45, 7) is 4.61. The van der Waals surface area contributed by atoms with E-state index in [-0.39, 0.29) is 0 Å². The zero-order valence-corrected chi connectivity index (χ0v) is 38.4. The van der Waals surface area contributed by atoms with Crippen molar-refractivity contribution >= 4 is 77.0 Å². The first-order valence-electron chi connectivity index (χ1n) is 20.5. The van der Waals surface area contributed by atoms with E-state index in [9.17, 15) is 0 Å². The van der Waals surface area contributed by atoms with Gasteiger partial charge in [0.2, 0.25) is 0 Å². The minimum absolute atomic E-state index is 1.13. The molecule has 4 heteroatoms. The molecule has 0 atom stereocenters. The van der Waals surface area contributed by atoms with E-state index in [1.165, 1.54) is 169 Å². The number of benzene rings is 2. The Balaban J connectivity index is 1.55. The Kier molecular flexibility index (Phi) is 16.6. The summed E-state index contributed by atoms with van der Waals surface area (Å²) >= 11 is -4.84. The molecule has 0 amide bonds. The van der Waals surface area contributed by atoms with Gasteiger partial charge in [0, 0.05) is 0 Å². The first-order chi connectivity index (χ1) is 23.0. The second-order valence-corrected chi connectivity index (χ2v) is 45.7. The molecular weight excluding hydrogens is 798 g/mol. The Morgan fingerprint density at radius 3 is 0.958 bits per heavy atom. The van der Waals surface area contributed by atoms with Crippen molar-refractivity contribution < 1.29 is 8.83 Å². The van der Waals surface area contributed by atoms with Crippen molar-refractivity contribution in [3.63, 3.8) is 0 Å². The van der Waals surface area contributed by atoms with Crippen LogP contribution >= 0.6 is 0 Å². The number of hydrogen-bond acceptors (Lipinski definition) is 2. The molecule has 2 aromatic heterocycles. The minimum atomic E-state index is -2.42. The molecule has 0 aliphatic rings. The summed E-state index contributed by atoms with van der Waals surface area (Å²) < 4.78 is 16.5. The van der Waals surface area contributed by atoms with Crippen molar-refractivity contribution in [2.75, 3.05) is 0 Å². The maximum atomic E-state index is 6.93. The van der Waals surface area contributed by atoms with Crippen molar-refractivity contribution in [1.82, 2.24) is 0 Å². The number of unbranched alkanes of at least 4 members (excludes halogenated alkanes) is 18. The first-order valence-corrected chi connectivity index (χ1v) is 40.5. The van der Waals surface area contributed by atoms with E-state index in [1.807, 2.05) is 0 Å². The molecule has 2 heterocycles. The van der Waals surface area contributed by atoms with E-state index >= 15 is 0 Å². The molecule has 4 aromatic rings. The molecule has 0 unspecified atom stereocenters. The summed E-state index contributed by atoms with van der Waals surface area (Å²) in [6, 6.07) is 9.95. The quantitative estimate of drug-likeness (QED) is 0.0518. The topological polar surface area (TPSA) is 26.3 Å². The number of furan rings is 2. The molecule has 0 aliphatic carbocycles. The summed E-state index contributed by atoms with van der Waals surface area (Å²) in [4.78, 5) is 14.9. The van der Waals surface area contributed by atoms with Crippen LogP contribution in [0.5, 0.6) is 0 Å². The molecule has 2 aromatic carbocycles. The Morgan fingerprint density at radius 2 is 0.667 bits per heavy atom. The third kappa shape index (κ3) is 11.7. The molecule has 48 heavy (non-hydrogen) atoms. The van der Waals surface area contributed by atoms with Gasteiger partial charge in [-0.15, -0.1) is 0 Å². The molecule has 0 bridgehead atoms. The van der Waals surface area contributed by atoms with Gasteiger partial charge in [0.1, 0.15) is 0 Å². The number of fused-ring (bicyclic) bond motifs is 5. The second kappa shape index (κ2) is 19.8. The predicted molar refractivity (Wildman–Crippen MR) is 221 cm³/mol. The van der Waals surface area contributed by atoms with Gasteiger partial charge in [0.25, 0.3) is 0 Å². The van der Waals surface area contributed by atoms with Crippen LogP contribution in [0.1, 0.15) is 153 Å². The summed E-state index contributed by atoms with van der Waals surface area (Å²) in [7, 11) is 0. The molecule has 0 aliphatic heterocycles. The second-order valence-electron chi connectivity index (χ2n) is 17.2. The predicted octanol–water partition coefficient (Wildman–Crippen LogP) is 14.3. The van der Waals surface area contributed by atoms with Gasteiger partial charge in [-0.3, -0.25) is 0 Å². The molecule has 0 N–H and O–H groups in total. The van der Waals surface area contributed by atoms with Gasteiger partial charge in [0.15, 0.2) is 0 Å². The zero-order chi connectivity index (χ0) is 34.6. The van der Waals surface area contributed by atoms with Crippen molar-refractivity contribution in [2.45, 2.75) is 185 Å². The van der Waals surface area contributed by atoms with E-state index in [4.69, 9.17) is 8.83 Å². The molecule has 0 saturated heterocycles. The fraction of sp³-hybridized carbons (Fsp3) is 0.682. The Bertz CT molecular complexity index is 1410. The van der Waals surface area contributed by atoms with Crippen LogP contribution in [-0.4, -0.2) is 36.8 Å².